The van der Waals surface area contributed by atoms with Crippen molar-refractivity contribution in [3.05, 3.63) is 29.8 Å². The van der Waals surface area contributed by atoms with Crippen LogP contribution < -0.4 is 10.1 Å². The van der Waals surface area contributed by atoms with Gasteiger partial charge >= 0.3 is 0 Å². The number of nitriles is 1. The van der Waals surface area contributed by atoms with Crippen LogP contribution in [0.1, 0.15) is 37.2 Å². The Hall–Kier alpha value is -2.02. The largest absolute Gasteiger partial charge is 0.492 e. The molecule has 1 aromatic carbocycles. The van der Waals surface area contributed by atoms with Crippen LogP contribution in [0.25, 0.3) is 0 Å². The molecular weight excluding hydrogens is 240 g/mol. The lowest BCUT2D eigenvalue weighted by molar-refractivity contribution is -0.124. The second-order valence-corrected chi connectivity index (χ2v) is 5.29. The van der Waals surface area contributed by atoms with Gasteiger partial charge in [-0.15, -0.1) is 0 Å². The SMILES string of the molecule is N#CC1(NC(=O)C2COc3ccccc32)CCCC1. The van der Waals surface area contributed by atoms with E-state index in [1.165, 1.54) is 0 Å². The predicted molar refractivity (Wildman–Crippen MR) is 69.6 cm³/mol. The molecule has 4 heteroatoms. The number of rotatable bonds is 2. The first-order valence-corrected chi connectivity index (χ1v) is 6.69. The fraction of sp³-hybridized carbons (Fsp3) is 0.467. The molecule has 0 saturated heterocycles. The van der Waals surface area contributed by atoms with Gasteiger partial charge in [0.15, 0.2) is 0 Å². The third kappa shape index (κ3) is 2.06. The van der Waals surface area contributed by atoms with Crippen LogP contribution in [0.3, 0.4) is 0 Å². The van der Waals surface area contributed by atoms with Gasteiger partial charge < -0.3 is 10.1 Å². The van der Waals surface area contributed by atoms with Crippen LogP contribution in [0.15, 0.2) is 24.3 Å². The van der Waals surface area contributed by atoms with Crippen LogP contribution in [0.4, 0.5) is 0 Å². The van der Waals surface area contributed by atoms with Crippen molar-refractivity contribution in [2.45, 2.75) is 37.1 Å². The summed E-state index contributed by atoms with van der Waals surface area (Å²) in [6, 6.07) is 9.88. The number of carbonyl (C=O) groups excluding carboxylic acids is 1. The van der Waals surface area contributed by atoms with Gasteiger partial charge in [0.05, 0.1) is 6.07 Å². The first kappa shape index (κ1) is 12.0. The minimum Gasteiger partial charge on any atom is -0.492 e. The molecule has 1 saturated carbocycles. The first-order chi connectivity index (χ1) is 9.24. The molecule has 1 heterocycles. The van der Waals surface area contributed by atoms with E-state index < -0.39 is 5.54 Å². The third-order valence-electron chi connectivity index (χ3n) is 4.05. The van der Waals surface area contributed by atoms with E-state index in [2.05, 4.69) is 11.4 Å². The maximum Gasteiger partial charge on any atom is 0.232 e. The molecule has 1 aromatic rings. The van der Waals surface area contributed by atoms with Crippen molar-refractivity contribution in [3.63, 3.8) is 0 Å². The van der Waals surface area contributed by atoms with Crippen molar-refractivity contribution in [1.82, 2.24) is 5.32 Å². The number of amides is 1. The molecule has 0 spiro atoms. The summed E-state index contributed by atoms with van der Waals surface area (Å²) in [5, 5.41) is 12.3. The number of benzene rings is 1. The van der Waals surface area contributed by atoms with Crippen molar-refractivity contribution in [2.75, 3.05) is 6.61 Å². The Balaban J connectivity index is 1.78. The van der Waals surface area contributed by atoms with Crippen LogP contribution >= 0.6 is 0 Å². The molecule has 1 fully saturated rings. The maximum atomic E-state index is 12.4. The van der Waals surface area contributed by atoms with E-state index in [-0.39, 0.29) is 11.8 Å². The molecule has 0 radical (unpaired) electrons. The fourth-order valence-corrected chi connectivity index (χ4v) is 2.95. The highest BCUT2D eigenvalue weighted by Gasteiger charge is 2.39. The van der Waals surface area contributed by atoms with Gasteiger partial charge in [0, 0.05) is 5.56 Å². The molecule has 1 aliphatic heterocycles. The molecule has 3 rings (SSSR count). The zero-order valence-electron chi connectivity index (χ0n) is 10.7. The molecule has 0 aromatic heterocycles. The van der Waals surface area contributed by atoms with Gasteiger partial charge in [0.2, 0.25) is 5.91 Å². The summed E-state index contributed by atoms with van der Waals surface area (Å²) in [5.41, 5.74) is 0.264. The highest BCUT2D eigenvalue weighted by molar-refractivity contribution is 5.86. The predicted octanol–water partition coefficient (Wildman–Crippen LogP) is 2.12. The molecule has 1 N–H and O–H groups in total. The Morgan fingerprint density at radius 1 is 1.37 bits per heavy atom. The number of nitrogens with one attached hydrogen (secondary N) is 1. The molecule has 1 unspecified atom stereocenters. The van der Waals surface area contributed by atoms with E-state index in [4.69, 9.17) is 4.74 Å². The molecule has 1 amide bonds. The Kier molecular flexibility index (Phi) is 2.90. The number of ether oxygens (including phenoxy) is 1. The lowest BCUT2D eigenvalue weighted by atomic mass is 9.95. The monoisotopic (exact) mass is 256 g/mol. The van der Waals surface area contributed by atoms with Gasteiger partial charge in [0.25, 0.3) is 0 Å². The highest BCUT2D eigenvalue weighted by Crippen LogP contribution is 2.35. The van der Waals surface area contributed by atoms with Gasteiger partial charge in [-0.1, -0.05) is 18.2 Å². The molecule has 1 aliphatic carbocycles. The second kappa shape index (κ2) is 4.58. The quantitative estimate of drug-likeness (QED) is 0.881. The summed E-state index contributed by atoms with van der Waals surface area (Å²) in [6.07, 6.45) is 3.52. The van der Waals surface area contributed by atoms with E-state index in [1.54, 1.807) is 0 Å². The van der Waals surface area contributed by atoms with Crippen molar-refractivity contribution < 1.29 is 9.53 Å². The Morgan fingerprint density at radius 3 is 2.84 bits per heavy atom. The summed E-state index contributed by atoms with van der Waals surface area (Å²) in [5.74, 6) is 0.399. The number of hydrogen-bond donors (Lipinski definition) is 1. The zero-order valence-corrected chi connectivity index (χ0v) is 10.7. The normalized spacial score (nSPS) is 23.2. The average Bonchev–Trinajstić information content (AvgIpc) is 3.05. The molecule has 98 valence electrons. The number of para-hydroxylation sites is 1. The summed E-state index contributed by atoms with van der Waals surface area (Å²) in [4.78, 5) is 12.4. The Morgan fingerprint density at radius 2 is 2.11 bits per heavy atom. The van der Waals surface area contributed by atoms with Gasteiger partial charge in [-0.2, -0.15) is 5.26 Å². The maximum absolute atomic E-state index is 12.4. The topological polar surface area (TPSA) is 62.1 Å². The average molecular weight is 256 g/mol. The van der Waals surface area contributed by atoms with E-state index >= 15 is 0 Å². The number of carbonyl (C=O) groups is 1. The van der Waals surface area contributed by atoms with Gasteiger partial charge in [-0.3, -0.25) is 4.79 Å². The number of fused-ring (bicyclic) bond motifs is 1. The van der Waals surface area contributed by atoms with Crippen molar-refractivity contribution in [3.8, 4) is 11.8 Å². The van der Waals surface area contributed by atoms with Gasteiger partial charge in [-0.05, 0) is 31.7 Å². The van der Waals surface area contributed by atoms with Crippen LogP contribution in [0, 0.1) is 11.3 Å². The van der Waals surface area contributed by atoms with Gasteiger partial charge in [-0.25, -0.2) is 0 Å². The molecule has 2 aliphatic rings. The first-order valence-electron chi connectivity index (χ1n) is 6.69. The number of nitrogens with zero attached hydrogens (tertiary/aromatic N) is 1. The molecule has 4 nitrogen and oxygen atoms in total. The van der Waals surface area contributed by atoms with E-state index in [1.807, 2.05) is 24.3 Å². The summed E-state index contributed by atoms with van der Waals surface area (Å²) < 4.78 is 5.52. The van der Waals surface area contributed by atoms with Crippen molar-refractivity contribution in [1.29, 1.82) is 5.26 Å². The summed E-state index contributed by atoms with van der Waals surface area (Å²) in [6.45, 7) is 0.368. The zero-order chi connectivity index (χ0) is 13.3. The number of hydrogen-bond acceptors (Lipinski definition) is 3. The standard InChI is InChI=1S/C15H16N2O2/c16-10-15(7-3-4-8-15)17-14(18)12-9-19-13-6-2-1-5-11(12)13/h1-2,5-6,12H,3-4,7-9H2,(H,17,18). The van der Waals surface area contributed by atoms with Crippen LogP contribution in [-0.4, -0.2) is 18.1 Å². The summed E-state index contributed by atoms with van der Waals surface area (Å²) >= 11 is 0. The van der Waals surface area contributed by atoms with E-state index in [9.17, 15) is 10.1 Å². The minimum atomic E-state index is -0.658. The minimum absolute atomic E-state index is 0.0894. The fourth-order valence-electron chi connectivity index (χ4n) is 2.95. The van der Waals surface area contributed by atoms with Crippen molar-refractivity contribution in [2.24, 2.45) is 0 Å². The highest BCUT2D eigenvalue weighted by atomic mass is 16.5. The van der Waals surface area contributed by atoms with Gasteiger partial charge in [0.1, 0.15) is 23.8 Å². The molecule has 19 heavy (non-hydrogen) atoms. The van der Waals surface area contributed by atoms with Crippen molar-refractivity contribution >= 4 is 5.91 Å². The third-order valence-corrected chi connectivity index (χ3v) is 4.05. The lowest BCUT2D eigenvalue weighted by Crippen LogP contribution is -2.47. The van der Waals surface area contributed by atoms with Crippen LogP contribution in [-0.2, 0) is 4.79 Å². The second-order valence-electron chi connectivity index (χ2n) is 5.29. The van der Waals surface area contributed by atoms with Crippen LogP contribution in [0.2, 0.25) is 0 Å². The molecular formula is C15H16N2O2. The van der Waals surface area contributed by atoms with Crippen LogP contribution in [0.5, 0.6) is 5.75 Å². The Bertz CT molecular complexity index is 541. The summed E-state index contributed by atoms with van der Waals surface area (Å²) in [7, 11) is 0. The Labute approximate surface area is 112 Å². The van der Waals surface area contributed by atoms with E-state index in [0.717, 1.165) is 37.0 Å². The molecule has 0 bridgehead atoms. The molecule has 1 atom stereocenters. The van der Waals surface area contributed by atoms with E-state index in [0.29, 0.717) is 6.61 Å². The lowest BCUT2D eigenvalue weighted by Gasteiger charge is -2.23. The smallest absolute Gasteiger partial charge is 0.232 e.